The first-order valence-electron chi connectivity index (χ1n) is 22.8. The molecule has 0 radical (unpaired) electrons. The summed E-state index contributed by atoms with van der Waals surface area (Å²) < 4.78 is 26.7. The van der Waals surface area contributed by atoms with Gasteiger partial charge in [0, 0.05) is 0 Å². The van der Waals surface area contributed by atoms with E-state index in [9.17, 15) is 24.0 Å². The third-order valence-corrected chi connectivity index (χ3v) is 20.7. The van der Waals surface area contributed by atoms with Gasteiger partial charge in [0.25, 0.3) is 0 Å². The van der Waals surface area contributed by atoms with Gasteiger partial charge in [-0.25, -0.2) is 0 Å². The zero-order valence-electron chi connectivity index (χ0n) is 38.1. The number of carbonyl (C=O) groups excluding carboxylic acids is 4. The van der Waals surface area contributed by atoms with E-state index in [2.05, 4.69) is 63.0 Å². The Morgan fingerprint density at radius 3 is 1.69 bits per heavy atom. The molecule has 16 heteroatoms. The van der Waals surface area contributed by atoms with Gasteiger partial charge in [-0.1, -0.05) is 48.5 Å². The fourth-order valence-corrected chi connectivity index (χ4v) is 16.3. The Labute approximate surface area is 399 Å². The Morgan fingerprint density at radius 2 is 1.13 bits per heavy atom. The van der Waals surface area contributed by atoms with Crippen LogP contribution in [-0.2, 0) is 33.3 Å². The molecule has 350 valence electrons. The second-order valence-corrected chi connectivity index (χ2v) is 25.0. The van der Waals surface area contributed by atoms with Crippen LogP contribution in [0.4, 0.5) is 9.59 Å². The van der Waals surface area contributed by atoms with E-state index in [0.29, 0.717) is 13.0 Å². The van der Waals surface area contributed by atoms with Crippen LogP contribution in [0.5, 0.6) is 0 Å². The average Bonchev–Trinajstić information content (AvgIpc) is 4.02. The second kappa shape index (κ2) is 24.2. The quantitative estimate of drug-likeness (QED) is 0.0541. The van der Waals surface area contributed by atoms with Gasteiger partial charge in [-0.3, -0.25) is 4.79 Å². The number of likely N-dealkylation sites (N-methyl/N-ethyl adjacent to an activating group) is 1. The fourth-order valence-electron chi connectivity index (χ4n) is 8.81. The molecule has 0 spiro atoms. The number of fused-ring (bicyclic) bond motifs is 6. The summed E-state index contributed by atoms with van der Waals surface area (Å²) in [6, 6.07) is 32.6. The first-order valence-corrected chi connectivity index (χ1v) is 28.6. The Morgan fingerprint density at radius 1 is 0.627 bits per heavy atom. The molecule has 0 unspecified atom stereocenters. The van der Waals surface area contributed by atoms with Crippen molar-refractivity contribution < 1.29 is 48.0 Å². The van der Waals surface area contributed by atoms with Crippen LogP contribution >= 0.6 is 0 Å². The van der Waals surface area contributed by atoms with E-state index >= 15 is 0 Å². The molecule has 0 saturated carbocycles. The topological polar surface area (TPSA) is 176 Å². The van der Waals surface area contributed by atoms with Crippen molar-refractivity contribution in [3.8, 4) is 22.3 Å². The SMILES string of the molecule is CN(C[C]1=CC=[CH][In]1[CH2]CC(=O)NCCN(CC(=O)NCCOCCOCCC(=O)O)C(=O)OCC1c2ccccc2-c2ccccc21)N(C)C(=O)OCC1c2ccccc2-c2ccccc21. The van der Waals surface area contributed by atoms with E-state index < -0.39 is 45.5 Å². The Hall–Kier alpha value is -5.94. The van der Waals surface area contributed by atoms with Crippen LogP contribution in [0.15, 0.2) is 116 Å². The first-order chi connectivity index (χ1) is 32.6. The van der Waals surface area contributed by atoms with E-state index in [-0.39, 0.29) is 90.0 Å². The predicted molar refractivity (Wildman–Crippen MR) is 254 cm³/mol. The van der Waals surface area contributed by atoms with Crippen molar-refractivity contribution in [2.75, 3.05) is 86.5 Å². The number of nitrogens with one attached hydrogen (secondary N) is 2. The van der Waals surface area contributed by atoms with Gasteiger partial charge in [0.15, 0.2) is 0 Å². The number of benzene rings is 4. The van der Waals surface area contributed by atoms with E-state index in [4.69, 9.17) is 24.1 Å². The van der Waals surface area contributed by atoms with Crippen molar-refractivity contribution in [3.05, 3.63) is 139 Å². The number of amides is 4. The molecule has 0 bridgehead atoms. The summed E-state index contributed by atoms with van der Waals surface area (Å²) >= 11 is -2.49. The molecule has 0 saturated heterocycles. The number of rotatable bonds is 24. The van der Waals surface area contributed by atoms with E-state index in [1.165, 1.54) is 24.4 Å². The van der Waals surface area contributed by atoms with Crippen molar-refractivity contribution in [1.29, 1.82) is 0 Å². The minimum atomic E-state index is -2.49. The summed E-state index contributed by atoms with van der Waals surface area (Å²) in [4.78, 5) is 65.2. The van der Waals surface area contributed by atoms with Gasteiger partial charge in [0.05, 0.1) is 26.2 Å². The molecule has 0 atom stereocenters. The van der Waals surface area contributed by atoms with Crippen LogP contribution in [0.3, 0.4) is 0 Å². The summed E-state index contributed by atoms with van der Waals surface area (Å²) in [5.74, 6) is -1.71. The van der Waals surface area contributed by atoms with Crippen LogP contribution in [0.25, 0.3) is 22.3 Å². The van der Waals surface area contributed by atoms with Gasteiger partial charge in [0.2, 0.25) is 0 Å². The normalized spacial score (nSPS) is 13.4. The molecule has 4 amide bonds. The van der Waals surface area contributed by atoms with Crippen molar-refractivity contribution >= 4 is 51.4 Å². The van der Waals surface area contributed by atoms with Crippen LogP contribution in [0, 0.1) is 0 Å². The summed E-state index contributed by atoms with van der Waals surface area (Å²) in [5.41, 5.74) is 8.98. The number of carboxylic acid groups (broad SMARTS) is 1. The number of nitrogens with zero attached hydrogens (tertiary/aromatic N) is 3. The van der Waals surface area contributed by atoms with Crippen LogP contribution in [0.2, 0.25) is 4.18 Å². The average molecular weight is 1020 g/mol. The molecule has 1 aliphatic heterocycles. The molecule has 4 aromatic rings. The number of hydrogen-bond acceptors (Lipinski definition) is 10. The number of hydrogen-bond donors (Lipinski definition) is 3. The number of allylic oxidation sites excluding steroid dienone is 2. The molecule has 2 aliphatic carbocycles. The molecule has 0 fully saturated rings. The summed E-state index contributed by atoms with van der Waals surface area (Å²) in [6.07, 6.45) is 3.27. The zero-order valence-corrected chi connectivity index (χ0v) is 41.4. The van der Waals surface area contributed by atoms with Gasteiger partial charge in [-0.05, 0) is 11.1 Å². The summed E-state index contributed by atoms with van der Waals surface area (Å²) in [6.45, 7) is 1.65. The molecular weight excluding hydrogens is 957 g/mol. The standard InChI is InChI=1S/C29H36N3O8.C22H22N2O2.In/c1-2-26(33)30-12-14-32(19-27(34)31-13-16-39-18-17-38-15-11-28(35)36)29(37)40-20-25-23-9-5-3-7-21(23)22-8-4-6-10-24(22)25;1-4-5-10-15-23(2)24(3)22(25)26-16-21-19-13-8-6-11-17(19)18-12-7-9-14-20(18)21;/h3-10,25H,1-2,11-20H2,(H,30,33)(H,31,34)(H,35,36);1,4-9,11-14,21H,15-16H2,2-3H3;. The fraction of sp³-hybridized carbons (Fsp3) is 0.353. The molecule has 0 aromatic heterocycles. The van der Waals surface area contributed by atoms with Crippen LogP contribution in [-0.4, -0.2) is 158 Å². The summed E-state index contributed by atoms with van der Waals surface area (Å²) in [7, 11) is 3.56. The Kier molecular flexibility index (Phi) is 17.7. The number of hydrazine groups is 1. The summed E-state index contributed by atoms with van der Waals surface area (Å²) in [5, 5.41) is 17.8. The Bertz CT molecular complexity index is 2370. The third kappa shape index (κ3) is 12.9. The maximum atomic E-state index is 13.7. The van der Waals surface area contributed by atoms with E-state index in [0.717, 1.165) is 37.6 Å². The molecule has 7 rings (SSSR count). The maximum absolute atomic E-state index is 13.7. The third-order valence-electron chi connectivity index (χ3n) is 12.4. The monoisotopic (exact) mass is 1020 g/mol. The number of aliphatic carboxylic acids is 1. The molecule has 15 nitrogen and oxygen atoms in total. The number of carbonyl (C=O) groups is 5. The molecule has 67 heavy (non-hydrogen) atoms. The van der Waals surface area contributed by atoms with Gasteiger partial charge in [-0.15, -0.1) is 0 Å². The molecule has 4 aromatic carbocycles. The van der Waals surface area contributed by atoms with E-state index in [1.54, 1.807) is 7.05 Å². The van der Waals surface area contributed by atoms with Crippen LogP contribution in [0.1, 0.15) is 46.9 Å². The van der Waals surface area contributed by atoms with Crippen molar-refractivity contribution in [2.24, 2.45) is 0 Å². The molecule has 1 heterocycles. The van der Waals surface area contributed by atoms with Crippen molar-refractivity contribution in [3.63, 3.8) is 0 Å². The van der Waals surface area contributed by atoms with Gasteiger partial charge < -0.3 is 14.6 Å². The van der Waals surface area contributed by atoms with Gasteiger partial charge >= 0.3 is 296 Å². The molecule has 3 aliphatic rings. The molecular formula is C51H58InN5O10. The first kappa shape index (κ1) is 49.0. The second-order valence-electron chi connectivity index (χ2n) is 16.7. The number of carboxylic acids is 1. The van der Waals surface area contributed by atoms with Gasteiger partial charge in [0.1, 0.15) is 0 Å². The van der Waals surface area contributed by atoms with E-state index in [1.807, 2.05) is 72.7 Å². The zero-order chi connectivity index (χ0) is 47.1. The van der Waals surface area contributed by atoms with Gasteiger partial charge in [-0.2, -0.15) is 0 Å². The molecule has 3 N–H and O–H groups in total. The minimum absolute atomic E-state index is 0.0344. The van der Waals surface area contributed by atoms with Crippen LogP contribution < -0.4 is 10.6 Å². The van der Waals surface area contributed by atoms with Crippen molar-refractivity contribution in [2.45, 2.75) is 28.9 Å². The van der Waals surface area contributed by atoms with Crippen molar-refractivity contribution in [1.82, 2.24) is 25.6 Å². The predicted octanol–water partition coefficient (Wildman–Crippen LogP) is 6.17. The Balaban J connectivity index is 0.860. The number of ether oxygens (including phenoxy) is 4.